The average Bonchev–Trinajstić information content (AvgIpc) is 2.41. The molecule has 4 nitrogen and oxygen atoms in total. The van der Waals surface area contributed by atoms with E-state index in [4.69, 9.17) is 0 Å². The third-order valence-electron chi connectivity index (χ3n) is 2.38. The standard InChI is InChI=1S/C13H10Br2N2O2S/c14-11-3-1-10(2-4-11)9-16-17-20(18,19)13-7-5-12(15)6-8-13/h1-9,17H/b16-9-. The van der Waals surface area contributed by atoms with Crippen LogP contribution in [0.1, 0.15) is 5.56 Å². The van der Waals surface area contributed by atoms with Gasteiger partial charge in [0.25, 0.3) is 10.0 Å². The molecule has 0 unspecified atom stereocenters. The van der Waals surface area contributed by atoms with Crippen molar-refractivity contribution >= 4 is 48.1 Å². The lowest BCUT2D eigenvalue weighted by Gasteiger charge is -2.03. The summed E-state index contributed by atoms with van der Waals surface area (Å²) < 4.78 is 25.6. The second kappa shape index (κ2) is 6.51. The number of benzene rings is 2. The molecule has 20 heavy (non-hydrogen) atoms. The molecule has 0 saturated carbocycles. The highest BCUT2D eigenvalue weighted by molar-refractivity contribution is 9.10. The van der Waals surface area contributed by atoms with Crippen LogP contribution in [-0.2, 0) is 10.0 Å². The molecular weight excluding hydrogens is 408 g/mol. The molecule has 0 aromatic heterocycles. The first-order valence-corrected chi connectivity index (χ1v) is 8.60. The maximum absolute atomic E-state index is 11.9. The van der Waals surface area contributed by atoms with Crippen LogP contribution in [0.2, 0.25) is 0 Å². The molecule has 0 aliphatic carbocycles. The molecule has 1 N–H and O–H groups in total. The zero-order chi connectivity index (χ0) is 14.6. The van der Waals surface area contributed by atoms with Gasteiger partial charge >= 0.3 is 0 Å². The summed E-state index contributed by atoms with van der Waals surface area (Å²) in [5, 5.41) is 3.75. The summed E-state index contributed by atoms with van der Waals surface area (Å²) in [4.78, 5) is 2.33. The van der Waals surface area contributed by atoms with Crippen molar-refractivity contribution in [3.05, 3.63) is 63.0 Å². The maximum Gasteiger partial charge on any atom is 0.276 e. The predicted molar refractivity (Wildman–Crippen MR) is 86.2 cm³/mol. The summed E-state index contributed by atoms with van der Waals surface area (Å²) in [6, 6.07) is 13.7. The van der Waals surface area contributed by atoms with Crippen LogP contribution in [0.25, 0.3) is 0 Å². The molecule has 7 heteroatoms. The number of hydrogen-bond donors (Lipinski definition) is 1. The first-order valence-electron chi connectivity index (χ1n) is 5.53. The van der Waals surface area contributed by atoms with Gasteiger partial charge in [-0.2, -0.15) is 13.5 Å². The fraction of sp³-hybridized carbons (Fsp3) is 0. The van der Waals surface area contributed by atoms with Gasteiger partial charge < -0.3 is 0 Å². The Morgan fingerprint density at radius 2 is 1.40 bits per heavy atom. The summed E-state index contributed by atoms with van der Waals surface area (Å²) in [5.74, 6) is 0. The summed E-state index contributed by atoms with van der Waals surface area (Å²) in [5.41, 5.74) is 0.798. The summed E-state index contributed by atoms with van der Waals surface area (Å²) in [7, 11) is -3.63. The van der Waals surface area contributed by atoms with Crippen LogP contribution in [-0.4, -0.2) is 14.6 Å². The summed E-state index contributed by atoms with van der Waals surface area (Å²) in [6.07, 6.45) is 1.45. The van der Waals surface area contributed by atoms with E-state index in [-0.39, 0.29) is 4.90 Å². The Hall–Kier alpha value is -1.18. The fourth-order valence-electron chi connectivity index (χ4n) is 1.39. The Labute approximate surface area is 134 Å². The Kier molecular flexibility index (Phi) is 4.95. The quantitative estimate of drug-likeness (QED) is 0.611. The van der Waals surface area contributed by atoms with Crippen molar-refractivity contribution < 1.29 is 8.42 Å². The fourth-order valence-corrected chi connectivity index (χ4v) is 2.71. The van der Waals surface area contributed by atoms with Gasteiger partial charge in [0, 0.05) is 8.95 Å². The van der Waals surface area contributed by atoms with Gasteiger partial charge in [0.1, 0.15) is 0 Å². The zero-order valence-electron chi connectivity index (χ0n) is 10.1. The highest BCUT2D eigenvalue weighted by Crippen LogP contribution is 2.14. The molecule has 0 aliphatic heterocycles. The van der Waals surface area contributed by atoms with Crippen LogP contribution in [0.5, 0.6) is 0 Å². The molecule has 0 bridgehead atoms. The van der Waals surface area contributed by atoms with Crippen molar-refractivity contribution in [2.24, 2.45) is 5.10 Å². The number of hydrazone groups is 1. The zero-order valence-corrected chi connectivity index (χ0v) is 14.1. The monoisotopic (exact) mass is 416 g/mol. The molecule has 104 valence electrons. The molecule has 0 heterocycles. The molecule has 0 spiro atoms. The number of hydrogen-bond acceptors (Lipinski definition) is 3. The van der Waals surface area contributed by atoms with Gasteiger partial charge in [-0.15, -0.1) is 0 Å². The van der Waals surface area contributed by atoms with Crippen LogP contribution >= 0.6 is 31.9 Å². The first-order chi connectivity index (χ1) is 9.47. The van der Waals surface area contributed by atoms with Crippen molar-refractivity contribution in [2.75, 3.05) is 0 Å². The van der Waals surface area contributed by atoms with E-state index in [1.165, 1.54) is 18.3 Å². The molecule has 0 amide bonds. The van der Waals surface area contributed by atoms with E-state index in [0.717, 1.165) is 14.5 Å². The normalized spacial score (nSPS) is 11.7. The molecule has 2 aromatic carbocycles. The maximum atomic E-state index is 11.9. The van der Waals surface area contributed by atoms with Gasteiger partial charge in [-0.3, -0.25) is 0 Å². The Bertz CT molecular complexity index is 711. The molecule has 0 fully saturated rings. The van der Waals surface area contributed by atoms with E-state index in [2.05, 4.69) is 41.8 Å². The lowest BCUT2D eigenvalue weighted by molar-refractivity contribution is 0.584. The third kappa shape index (κ3) is 4.16. The first kappa shape index (κ1) is 15.2. The van der Waals surface area contributed by atoms with Gasteiger partial charge in [0.05, 0.1) is 11.1 Å². The molecule has 0 aliphatic rings. The second-order valence-corrected chi connectivity index (χ2v) is 7.35. The summed E-state index contributed by atoms with van der Waals surface area (Å²) >= 11 is 6.57. The van der Waals surface area contributed by atoms with Crippen LogP contribution < -0.4 is 4.83 Å². The van der Waals surface area contributed by atoms with Gasteiger partial charge in [-0.25, -0.2) is 4.83 Å². The highest BCUT2D eigenvalue weighted by atomic mass is 79.9. The van der Waals surface area contributed by atoms with Crippen LogP contribution in [0.3, 0.4) is 0 Å². The topological polar surface area (TPSA) is 58.5 Å². The highest BCUT2D eigenvalue weighted by Gasteiger charge is 2.11. The minimum absolute atomic E-state index is 0.161. The molecule has 0 atom stereocenters. The molecule has 0 radical (unpaired) electrons. The van der Waals surface area contributed by atoms with E-state index < -0.39 is 10.0 Å². The van der Waals surface area contributed by atoms with Crippen LogP contribution in [0.4, 0.5) is 0 Å². The van der Waals surface area contributed by atoms with Crippen molar-refractivity contribution in [2.45, 2.75) is 4.90 Å². The summed E-state index contributed by atoms with van der Waals surface area (Å²) in [6.45, 7) is 0. The largest absolute Gasteiger partial charge is 0.276 e. The third-order valence-corrected chi connectivity index (χ3v) is 4.68. The number of rotatable bonds is 4. The van der Waals surface area contributed by atoms with Gasteiger partial charge in [-0.1, -0.05) is 44.0 Å². The van der Waals surface area contributed by atoms with Crippen molar-refractivity contribution in [1.82, 2.24) is 4.83 Å². The minimum Gasteiger partial charge on any atom is -0.200 e. The minimum atomic E-state index is -3.63. The van der Waals surface area contributed by atoms with E-state index in [1.54, 1.807) is 12.1 Å². The molecule has 0 saturated heterocycles. The van der Waals surface area contributed by atoms with Crippen molar-refractivity contribution in [1.29, 1.82) is 0 Å². The second-order valence-electron chi connectivity index (χ2n) is 3.86. The molecule has 2 rings (SSSR count). The number of nitrogens with one attached hydrogen (secondary N) is 1. The smallest absolute Gasteiger partial charge is 0.200 e. The molecule has 2 aromatic rings. The lowest BCUT2D eigenvalue weighted by atomic mass is 10.2. The Morgan fingerprint density at radius 1 is 0.900 bits per heavy atom. The van der Waals surface area contributed by atoms with Crippen molar-refractivity contribution in [3.63, 3.8) is 0 Å². The Morgan fingerprint density at radius 3 is 1.95 bits per heavy atom. The lowest BCUT2D eigenvalue weighted by Crippen LogP contribution is -2.18. The number of sulfonamides is 1. The van der Waals surface area contributed by atoms with Gasteiger partial charge in [0.15, 0.2) is 0 Å². The predicted octanol–water partition coefficient (Wildman–Crippen LogP) is 3.52. The number of halogens is 2. The van der Waals surface area contributed by atoms with E-state index in [9.17, 15) is 8.42 Å². The van der Waals surface area contributed by atoms with Crippen LogP contribution in [0.15, 0.2) is 67.5 Å². The van der Waals surface area contributed by atoms with Crippen LogP contribution in [0, 0.1) is 0 Å². The van der Waals surface area contributed by atoms with Gasteiger partial charge in [-0.05, 0) is 42.0 Å². The van der Waals surface area contributed by atoms with Crippen molar-refractivity contribution in [3.8, 4) is 0 Å². The van der Waals surface area contributed by atoms with E-state index in [1.807, 2.05) is 24.3 Å². The van der Waals surface area contributed by atoms with E-state index in [0.29, 0.717) is 0 Å². The number of nitrogens with zero attached hydrogens (tertiary/aromatic N) is 1. The molecular formula is C13H10Br2N2O2S. The van der Waals surface area contributed by atoms with Gasteiger partial charge in [0.2, 0.25) is 0 Å². The average molecular weight is 418 g/mol. The Balaban J connectivity index is 2.09. The van der Waals surface area contributed by atoms with E-state index >= 15 is 0 Å². The SMILES string of the molecule is O=S(=O)(N/N=C\c1ccc(Br)cc1)c1ccc(Br)cc1.